The van der Waals surface area contributed by atoms with Gasteiger partial charge in [-0.25, -0.2) is 4.98 Å². The lowest BCUT2D eigenvalue weighted by Crippen LogP contribution is -2.36. The number of thioether (sulfide) groups is 1. The highest BCUT2D eigenvalue weighted by atomic mass is 35.5. The maximum atomic E-state index is 12.8. The van der Waals surface area contributed by atoms with Crippen molar-refractivity contribution in [3.05, 3.63) is 51.4 Å². The number of amides is 1. The Morgan fingerprint density at radius 3 is 2.84 bits per heavy atom. The molecule has 25 heavy (non-hydrogen) atoms. The summed E-state index contributed by atoms with van der Waals surface area (Å²) in [5.41, 5.74) is -1.31. The van der Waals surface area contributed by atoms with Gasteiger partial charge in [0.2, 0.25) is 5.91 Å². The van der Waals surface area contributed by atoms with Crippen LogP contribution in [0.5, 0.6) is 0 Å². The molecule has 0 saturated carbocycles. The quantitative estimate of drug-likeness (QED) is 0.801. The third kappa shape index (κ3) is 3.82. The van der Waals surface area contributed by atoms with Crippen LogP contribution in [-0.2, 0) is 17.5 Å². The van der Waals surface area contributed by atoms with Gasteiger partial charge in [-0.05, 0) is 18.2 Å². The van der Waals surface area contributed by atoms with Crippen molar-refractivity contribution in [1.29, 1.82) is 0 Å². The summed E-state index contributed by atoms with van der Waals surface area (Å²) in [5, 5.41) is 2.93. The number of nitrogens with one attached hydrogen (secondary N) is 1. The standard InChI is InChI=1S/C15H11ClF3N3O2S/c16-10-2-1-9(15(17,18)19)5-11(10)21-13(24)8-6-22-12(23)3-4-20-14(22)25-7-8/h1-5,8H,6-7H2,(H,21,24). The number of aromatic nitrogens is 2. The predicted molar refractivity (Wildman–Crippen MR) is 87.8 cm³/mol. The fourth-order valence-electron chi connectivity index (χ4n) is 2.34. The number of fused-ring (bicyclic) bond motifs is 1. The zero-order chi connectivity index (χ0) is 18.2. The lowest BCUT2D eigenvalue weighted by Gasteiger charge is -2.24. The maximum absolute atomic E-state index is 12.8. The number of rotatable bonds is 2. The molecule has 1 aliphatic rings. The van der Waals surface area contributed by atoms with Crippen LogP contribution in [0.25, 0.3) is 0 Å². The Morgan fingerprint density at radius 1 is 1.36 bits per heavy atom. The highest BCUT2D eigenvalue weighted by molar-refractivity contribution is 7.99. The van der Waals surface area contributed by atoms with Crippen molar-refractivity contribution >= 4 is 35.0 Å². The molecule has 1 atom stereocenters. The summed E-state index contributed by atoms with van der Waals surface area (Å²) in [7, 11) is 0. The van der Waals surface area contributed by atoms with Gasteiger partial charge in [-0.2, -0.15) is 13.2 Å². The zero-order valence-electron chi connectivity index (χ0n) is 12.5. The molecule has 0 spiro atoms. The Balaban J connectivity index is 1.80. The van der Waals surface area contributed by atoms with Crippen molar-refractivity contribution in [2.45, 2.75) is 17.9 Å². The first kappa shape index (κ1) is 17.8. The van der Waals surface area contributed by atoms with E-state index in [-0.39, 0.29) is 22.8 Å². The van der Waals surface area contributed by atoms with Gasteiger partial charge in [-0.1, -0.05) is 23.4 Å². The van der Waals surface area contributed by atoms with Gasteiger partial charge < -0.3 is 5.32 Å². The van der Waals surface area contributed by atoms with E-state index in [9.17, 15) is 22.8 Å². The van der Waals surface area contributed by atoms with Crippen LogP contribution in [-0.4, -0.2) is 21.2 Å². The summed E-state index contributed by atoms with van der Waals surface area (Å²) in [6.07, 6.45) is -3.15. The Hall–Kier alpha value is -2.00. The first-order chi connectivity index (χ1) is 11.8. The third-order valence-electron chi connectivity index (χ3n) is 3.64. The van der Waals surface area contributed by atoms with Crippen molar-refractivity contribution in [1.82, 2.24) is 9.55 Å². The molecule has 0 saturated heterocycles. The molecule has 0 radical (unpaired) electrons. The van der Waals surface area contributed by atoms with Crippen LogP contribution in [0.4, 0.5) is 18.9 Å². The van der Waals surface area contributed by atoms with Gasteiger partial charge in [-0.15, -0.1) is 0 Å². The number of carbonyl (C=O) groups is 1. The number of hydrogen-bond donors (Lipinski definition) is 1. The molecule has 1 aromatic heterocycles. The number of anilines is 1. The highest BCUT2D eigenvalue weighted by Gasteiger charge is 2.32. The Kier molecular flexibility index (Phi) is 4.79. The SMILES string of the molecule is O=C(Nc1cc(C(F)(F)F)ccc1Cl)C1CSc2nccc(=O)n2C1. The van der Waals surface area contributed by atoms with Crippen LogP contribution in [0.3, 0.4) is 0 Å². The smallest absolute Gasteiger partial charge is 0.324 e. The van der Waals surface area contributed by atoms with Crippen molar-refractivity contribution in [3.63, 3.8) is 0 Å². The van der Waals surface area contributed by atoms with Gasteiger partial charge >= 0.3 is 6.18 Å². The number of benzene rings is 1. The summed E-state index contributed by atoms with van der Waals surface area (Å²) in [6, 6.07) is 4.00. The summed E-state index contributed by atoms with van der Waals surface area (Å²) >= 11 is 7.12. The van der Waals surface area contributed by atoms with E-state index >= 15 is 0 Å². The van der Waals surface area contributed by atoms with Crippen molar-refractivity contribution in [3.8, 4) is 0 Å². The van der Waals surface area contributed by atoms with E-state index < -0.39 is 23.6 Å². The van der Waals surface area contributed by atoms with Crippen LogP contribution in [0, 0.1) is 5.92 Å². The van der Waals surface area contributed by atoms with Crippen LogP contribution in [0.1, 0.15) is 5.56 Å². The fourth-order valence-corrected chi connectivity index (χ4v) is 3.57. The largest absolute Gasteiger partial charge is 0.416 e. The molecule has 0 bridgehead atoms. The zero-order valence-corrected chi connectivity index (χ0v) is 14.1. The van der Waals surface area contributed by atoms with Crippen LogP contribution in [0.15, 0.2) is 40.4 Å². The van der Waals surface area contributed by atoms with Gasteiger partial charge in [0.1, 0.15) is 0 Å². The van der Waals surface area contributed by atoms with E-state index in [1.54, 1.807) is 0 Å². The number of nitrogens with zero attached hydrogens (tertiary/aromatic N) is 2. The fraction of sp³-hybridized carbons (Fsp3) is 0.267. The average molecular weight is 390 g/mol. The van der Waals surface area contributed by atoms with Crippen molar-refractivity contribution < 1.29 is 18.0 Å². The van der Waals surface area contributed by atoms with Gasteiger partial charge in [-0.3, -0.25) is 14.2 Å². The van der Waals surface area contributed by atoms with E-state index in [4.69, 9.17) is 11.6 Å². The molecule has 132 valence electrons. The number of carbonyl (C=O) groups excluding carboxylic acids is 1. The second-order valence-electron chi connectivity index (χ2n) is 5.37. The highest BCUT2D eigenvalue weighted by Crippen LogP contribution is 2.34. The topological polar surface area (TPSA) is 64.0 Å². The lowest BCUT2D eigenvalue weighted by atomic mass is 10.1. The molecule has 1 amide bonds. The predicted octanol–water partition coefficient (Wildman–Crippen LogP) is 3.28. The molecular formula is C15H11ClF3N3O2S. The normalized spacial score (nSPS) is 17.0. The van der Waals surface area contributed by atoms with E-state index in [0.717, 1.165) is 18.2 Å². The molecule has 1 unspecified atom stereocenters. The van der Waals surface area contributed by atoms with Crippen molar-refractivity contribution in [2.75, 3.05) is 11.1 Å². The molecule has 5 nitrogen and oxygen atoms in total. The minimum Gasteiger partial charge on any atom is -0.324 e. The molecule has 3 rings (SSSR count). The second kappa shape index (κ2) is 6.72. The Labute approximate surface area is 149 Å². The van der Waals surface area contributed by atoms with Crippen LogP contribution in [0.2, 0.25) is 5.02 Å². The van der Waals surface area contributed by atoms with Crippen LogP contribution >= 0.6 is 23.4 Å². The maximum Gasteiger partial charge on any atom is 0.416 e. The van der Waals surface area contributed by atoms with Gasteiger partial charge in [0, 0.05) is 24.6 Å². The van der Waals surface area contributed by atoms with Crippen LogP contribution < -0.4 is 10.9 Å². The lowest BCUT2D eigenvalue weighted by molar-refractivity contribution is -0.137. The summed E-state index contributed by atoms with van der Waals surface area (Å²) < 4.78 is 39.8. The minimum absolute atomic E-state index is 0.00375. The number of hydrogen-bond acceptors (Lipinski definition) is 4. The molecule has 2 aromatic rings. The number of alkyl halides is 3. The Bertz CT molecular complexity index is 885. The molecule has 0 aliphatic carbocycles. The summed E-state index contributed by atoms with van der Waals surface area (Å²) in [6.45, 7) is 0.109. The van der Waals surface area contributed by atoms with Crippen molar-refractivity contribution in [2.24, 2.45) is 5.92 Å². The first-order valence-corrected chi connectivity index (χ1v) is 8.48. The molecule has 1 aliphatic heterocycles. The minimum atomic E-state index is -4.54. The Morgan fingerprint density at radius 2 is 2.12 bits per heavy atom. The number of halogens is 4. The van der Waals surface area contributed by atoms with Gasteiger partial charge in [0.25, 0.3) is 5.56 Å². The molecule has 2 heterocycles. The van der Waals surface area contributed by atoms with E-state index in [2.05, 4.69) is 10.3 Å². The van der Waals surface area contributed by atoms with E-state index in [1.807, 2.05) is 0 Å². The third-order valence-corrected chi connectivity index (χ3v) is 5.12. The van der Waals surface area contributed by atoms with E-state index in [0.29, 0.717) is 10.9 Å². The van der Waals surface area contributed by atoms with Gasteiger partial charge in [0.05, 0.1) is 22.2 Å². The molecule has 0 fully saturated rings. The molecular weight excluding hydrogens is 379 g/mol. The first-order valence-electron chi connectivity index (χ1n) is 7.12. The summed E-state index contributed by atoms with van der Waals surface area (Å²) in [4.78, 5) is 28.3. The second-order valence-corrected chi connectivity index (χ2v) is 6.76. The molecule has 1 aromatic carbocycles. The molecule has 10 heteroatoms. The average Bonchev–Trinajstić information content (AvgIpc) is 2.56. The monoisotopic (exact) mass is 389 g/mol. The van der Waals surface area contributed by atoms with Gasteiger partial charge in [0.15, 0.2) is 5.16 Å². The van der Waals surface area contributed by atoms with E-state index in [1.165, 1.54) is 28.6 Å². The molecule has 1 N–H and O–H groups in total. The summed E-state index contributed by atoms with van der Waals surface area (Å²) in [5.74, 6) is -0.737.